The topological polar surface area (TPSA) is 41.1 Å². The van der Waals surface area contributed by atoms with Gasteiger partial charge in [0.05, 0.1) is 6.54 Å². The van der Waals surface area contributed by atoms with E-state index in [0.717, 1.165) is 35.6 Å². The van der Waals surface area contributed by atoms with E-state index in [1.165, 1.54) is 17.7 Å². The predicted molar refractivity (Wildman–Crippen MR) is 92.0 cm³/mol. The summed E-state index contributed by atoms with van der Waals surface area (Å²) >= 11 is 5.49. The fraction of sp³-hybridized carbons (Fsp3) is 0.467. The third-order valence-electron chi connectivity index (χ3n) is 3.48. The Morgan fingerprint density at radius 2 is 2.29 bits per heavy atom. The molecule has 1 fully saturated rings. The number of hydrogen-bond donors (Lipinski definition) is 1. The van der Waals surface area contributed by atoms with Gasteiger partial charge in [-0.25, -0.2) is 9.97 Å². The van der Waals surface area contributed by atoms with Gasteiger partial charge >= 0.3 is 0 Å². The monoisotopic (exact) mass is 366 g/mol. The van der Waals surface area contributed by atoms with Crippen molar-refractivity contribution in [3.8, 4) is 0 Å². The fourth-order valence-electron chi connectivity index (χ4n) is 2.26. The van der Waals surface area contributed by atoms with Crippen molar-refractivity contribution >= 4 is 38.9 Å². The number of thiophene rings is 1. The van der Waals surface area contributed by atoms with E-state index in [-0.39, 0.29) is 0 Å². The van der Waals surface area contributed by atoms with Crippen LogP contribution in [0.1, 0.15) is 31.1 Å². The Kier molecular flexibility index (Phi) is 4.75. The Hall–Kier alpha value is -1.14. The molecule has 4 nitrogen and oxygen atoms in total. The molecule has 0 radical (unpaired) electrons. The van der Waals surface area contributed by atoms with Crippen LogP contribution in [0.4, 0.5) is 11.6 Å². The van der Waals surface area contributed by atoms with Gasteiger partial charge < -0.3 is 10.2 Å². The Bertz CT molecular complexity index is 583. The lowest BCUT2D eigenvalue weighted by Crippen LogP contribution is -2.26. The lowest BCUT2D eigenvalue weighted by Gasteiger charge is -2.24. The van der Waals surface area contributed by atoms with E-state index >= 15 is 0 Å². The van der Waals surface area contributed by atoms with Gasteiger partial charge in [0, 0.05) is 17.5 Å². The van der Waals surface area contributed by atoms with Crippen LogP contribution < -0.4 is 10.2 Å². The SMILES string of the molecule is CCCNc1ncnc(N(Cc2cccs2)C2CC2)c1Br. The average molecular weight is 367 g/mol. The molecule has 1 aliphatic carbocycles. The van der Waals surface area contributed by atoms with Crippen LogP contribution in [0.3, 0.4) is 0 Å². The van der Waals surface area contributed by atoms with Crippen molar-refractivity contribution in [1.29, 1.82) is 0 Å². The predicted octanol–water partition coefficient (Wildman–Crippen LogP) is 4.29. The molecule has 2 aromatic rings. The molecular weight excluding hydrogens is 348 g/mol. The second kappa shape index (κ2) is 6.75. The number of nitrogens with zero attached hydrogens (tertiary/aromatic N) is 3. The van der Waals surface area contributed by atoms with Crippen molar-refractivity contribution in [3.63, 3.8) is 0 Å². The smallest absolute Gasteiger partial charge is 0.149 e. The molecule has 0 saturated heterocycles. The van der Waals surface area contributed by atoms with Crippen LogP contribution in [0.15, 0.2) is 28.3 Å². The van der Waals surface area contributed by atoms with Gasteiger partial charge in [0.2, 0.25) is 0 Å². The molecule has 21 heavy (non-hydrogen) atoms. The normalized spacial score (nSPS) is 14.2. The molecule has 0 atom stereocenters. The minimum absolute atomic E-state index is 0.609. The zero-order valence-corrected chi connectivity index (χ0v) is 14.5. The minimum atomic E-state index is 0.609. The highest BCUT2D eigenvalue weighted by Gasteiger charge is 2.32. The number of halogens is 1. The first-order valence-electron chi connectivity index (χ1n) is 7.33. The first-order chi connectivity index (χ1) is 10.3. The lowest BCUT2D eigenvalue weighted by molar-refractivity contribution is 0.780. The molecule has 6 heteroatoms. The summed E-state index contributed by atoms with van der Waals surface area (Å²) in [6.07, 6.45) is 5.23. The summed E-state index contributed by atoms with van der Waals surface area (Å²) in [5, 5.41) is 5.48. The summed E-state index contributed by atoms with van der Waals surface area (Å²) in [6.45, 7) is 3.99. The Balaban J connectivity index is 1.85. The summed E-state index contributed by atoms with van der Waals surface area (Å²) in [6, 6.07) is 4.90. The Labute approximate surface area is 137 Å². The molecule has 1 N–H and O–H groups in total. The highest BCUT2D eigenvalue weighted by molar-refractivity contribution is 9.10. The van der Waals surface area contributed by atoms with Gasteiger partial charge in [-0.3, -0.25) is 0 Å². The van der Waals surface area contributed by atoms with E-state index in [4.69, 9.17) is 0 Å². The van der Waals surface area contributed by atoms with Gasteiger partial charge in [-0.2, -0.15) is 0 Å². The average Bonchev–Trinajstić information content (AvgIpc) is 3.21. The molecule has 2 aromatic heterocycles. The molecule has 0 bridgehead atoms. The first-order valence-corrected chi connectivity index (χ1v) is 9.00. The Morgan fingerprint density at radius 1 is 1.43 bits per heavy atom. The first kappa shape index (κ1) is 14.8. The summed E-state index contributed by atoms with van der Waals surface area (Å²) in [5.74, 6) is 1.89. The third-order valence-corrected chi connectivity index (χ3v) is 5.07. The van der Waals surface area contributed by atoms with Crippen molar-refractivity contribution in [2.45, 2.75) is 38.8 Å². The largest absolute Gasteiger partial charge is 0.369 e. The van der Waals surface area contributed by atoms with Gasteiger partial charge in [-0.15, -0.1) is 11.3 Å². The van der Waals surface area contributed by atoms with Crippen molar-refractivity contribution in [2.24, 2.45) is 0 Å². The molecule has 0 amide bonds. The number of nitrogens with one attached hydrogen (secondary N) is 1. The van der Waals surface area contributed by atoms with Crippen molar-refractivity contribution in [3.05, 3.63) is 33.2 Å². The maximum atomic E-state index is 4.52. The fourth-order valence-corrected chi connectivity index (χ4v) is 3.54. The lowest BCUT2D eigenvalue weighted by atomic mass is 10.3. The van der Waals surface area contributed by atoms with E-state index in [9.17, 15) is 0 Å². The number of aromatic nitrogens is 2. The van der Waals surface area contributed by atoms with Gasteiger partial charge in [-0.1, -0.05) is 13.0 Å². The molecule has 112 valence electrons. The maximum Gasteiger partial charge on any atom is 0.149 e. The summed E-state index contributed by atoms with van der Waals surface area (Å²) < 4.78 is 0.974. The van der Waals surface area contributed by atoms with E-state index < -0.39 is 0 Å². The second-order valence-corrected chi connectivity index (χ2v) is 7.05. The molecule has 0 aliphatic heterocycles. The molecule has 1 saturated carbocycles. The molecule has 2 heterocycles. The zero-order chi connectivity index (χ0) is 14.7. The molecular formula is C15H19BrN4S. The van der Waals surface area contributed by atoms with Gasteiger partial charge in [0.1, 0.15) is 22.4 Å². The highest BCUT2D eigenvalue weighted by Crippen LogP contribution is 2.38. The molecule has 0 aromatic carbocycles. The molecule has 0 spiro atoms. The van der Waals surface area contributed by atoms with Crippen LogP contribution in [-0.2, 0) is 6.54 Å². The van der Waals surface area contributed by atoms with Crippen LogP contribution >= 0.6 is 27.3 Å². The summed E-state index contributed by atoms with van der Waals surface area (Å²) in [4.78, 5) is 12.6. The van der Waals surface area contributed by atoms with Crippen LogP contribution in [0.5, 0.6) is 0 Å². The van der Waals surface area contributed by atoms with Gasteiger partial charge in [0.15, 0.2) is 0 Å². The second-order valence-electron chi connectivity index (χ2n) is 5.23. The highest BCUT2D eigenvalue weighted by atomic mass is 79.9. The standard InChI is InChI=1S/C15H19BrN4S/c1-2-7-17-14-13(16)15(19-10-18-14)20(11-5-6-11)9-12-4-3-8-21-12/h3-4,8,10-11H,2,5-7,9H2,1H3,(H,17,18,19). The van der Waals surface area contributed by atoms with Gasteiger partial charge in [0.25, 0.3) is 0 Å². The number of anilines is 2. The summed E-state index contributed by atoms with van der Waals surface area (Å²) in [7, 11) is 0. The number of hydrogen-bond acceptors (Lipinski definition) is 5. The van der Waals surface area contributed by atoms with E-state index in [1.807, 2.05) is 0 Å². The maximum absolute atomic E-state index is 4.52. The van der Waals surface area contributed by atoms with E-state index in [2.05, 4.69) is 60.6 Å². The minimum Gasteiger partial charge on any atom is -0.369 e. The van der Waals surface area contributed by atoms with Crippen LogP contribution in [0, 0.1) is 0 Å². The molecule has 3 rings (SSSR count). The molecule has 0 unspecified atom stereocenters. The molecule has 1 aliphatic rings. The van der Waals surface area contributed by atoms with E-state index in [0.29, 0.717) is 6.04 Å². The van der Waals surface area contributed by atoms with Crippen LogP contribution in [0.25, 0.3) is 0 Å². The number of rotatable bonds is 7. The van der Waals surface area contributed by atoms with Crippen molar-refractivity contribution in [2.75, 3.05) is 16.8 Å². The quantitative estimate of drug-likeness (QED) is 0.793. The van der Waals surface area contributed by atoms with Crippen LogP contribution in [-0.4, -0.2) is 22.6 Å². The van der Waals surface area contributed by atoms with Crippen molar-refractivity contribution in [1.82, 2.24) is 9.97 Å². The zero-order valence-electron chi connectivity index (χ0n) is 12.1. The summed E-state index contributed by atoms with van der Waals surface area (Å²) in [5.41, 5.74) is 0. The van der Waals surface area contributed by atoms with Gasteiger partial charge in [-0.05, 0) is 46.6 Å². The third kappa shape index (κ3) is 3.55. The Morgan fingerprint density at radius 3 is 2.95 bits per heavy atom. The van der Waals surface area contributed by atoms with E-state index in [1.54, 1.807) is 17.7 Å². The van der Waals surface area contributed by atoms with Crippen molar-refractivity contribution < 1.29 is 0 Å². The van der Waals surface area contributed by atoms with Crippen LogP contribution in [0.2, 0.25) is 0 Å².